The standard InChI is InChI=1S/C19H16FN3O4/c20-12-4-6-15(7-5-12)26-11-16-8-9-17(27-16)18(24)22-13-2-1-3-14(10-13)23-19(21)25/h1-10H,11H2,(H,22,24)(H3,21,23,25). The number of halogens is 1. The molecule has 0 atom stereocenters. The number of carbonyl (C=O) groups excluding carboxylic acids is 2. The van der Waals surface area contributed by atoms with Gasteiger partial charge in [-0.05, 0) is 54.6 Å². The van der Waals surface area contributed by atoms with Gasteiger partial charge in [0, 0.05) is 11.4 Å². The lowest BCUT2D eigenvalue weighted by Gasteiger charge is -2.06. The van der Waals surface area contributed by atoms with Crippen molar-refractivity contribution in [2.45, 2.75) is 6.61 Å². The average molecular weight is 369 g/mol. The molecule has 1 heterocycles. The maximum atomic E-state index is 12.9. The van der Waals surface area contributed by atoms with Crippen LogP contribution in [0.1, 0.15) is 16.3 Å². The second-order valence-electron chi connectivity index (χ2n) is 5.53. The second kappa shape index (κ2) is 8.05. The molecule has 4 N–H and O–H groups in total. The van der Waals surface area contributed by atoms with Crippen LogP contribution in [0.2, 0.25) is 0 Å². The number of benzene rings is 2. The zero-order valence-corrected chi connectivity index (χ0v) is 14.1. The number of primary amides is 1. The van der Waals surface area contributed by atoms with Gasteiger partial charge in [0.05, 0.1) is 0 Å². The third-order valence-corrected chi connectivity index (χ3v) is 3.47. The number of nitrogens with two attached hydrogens (primary N) is 1. The lowest BCUT2D eigenvalue weighted by molar-refractivity contribution is 0.0992. The van der Waals surface area contributed by atoms with Gasteiger partial charge in [-0.3, -0.25) is 4.79 Å². The Bertz CT molecular complexity index is 954. The van der Waals surface area contributed by atoms with Crippen LogP contribution in [0.15, 0.2) is 65.1 Å². The highest BCUT2D eigenvalue weighted by atomic mass is 19.1. The van der Waals surface area contributed by atoms with Crippen molar-refractivity contribution >= 4 is 23.3 Å². The molecule has 3 aromatic rings. The number of nitrogens with one attached hydrogen (secondary N) is 2. The van der Waals surface area contributed by atoms with Crippen LogP contribution in [0.5, 0.6) is 5.75 Å². The number of amides is 3. The van der Waals surface area contributed by atoms with Crippen molar-refractivity contribution in [3.63, 3.8) is 0 Å². The van der Waals surface area contributed by atoms with Crippen LogP contribution in [0.25, 0.3) is 0 Å². The molecular formula is C19H16FN3O4. The van der Waals surface area contributed by atoms with Gasteiger partial charge < -0.3 is 25.5 Å². The highest BCUT2D eigenvalue weighted by Crippen LogP contribution is 2.18. The average Bonchev–Trinajstić information content (AvgIpc) is 3.10. The largest absolute Gasteiger partial charge is 0.486 e. The summed E-state index contributed by atoms with van der Waals surface area (Å²) < 4.78 is 23.8. The van der Waals surface area contributed by atoms with Crippen LogP contribution in [-0.2, 0) is 6.61 Å². The van der Waals surface area contributed by atoms with E-state index in [-0.39, 0.29) is 18.2 Å². The summed E-state index contributed by atoms with van der Waals surface area (Å²) in [5.41, 5.74) is 5.98. The minimum absolute atomic E-state index is 0.0942. The molecule has 0 aliphatic heterocycles. The summed E-state index contributed by atoms with van der Waals surface area (Å²) in [7, 11) is 0. The molecule has 0 spiro atoms. The smallest absolute Gasteiger partial charge is 0.316 e. The molecule has 3 amide bonds. The van der Waals surface area contributed by atoms with Gasteiger partial charge in [0.15, 0.2) is 5.76 Å². The lowest BCUT2D eigenvalue weighted by atomic mass is 10.2. The van der Waals surface area contributed by atoms with Crippen molar-refractivity contribution < 1.29 is 23.1 Å². The van der Waals surface area contributed by atoms with Crippen LogP contribution >= 0.6 is 0 Å². The Morgan fingerprint density at radius 2 is 1.70 bits per heavy atom. The van der Waals surface area contributed by atoms with Crippen molar-refractivity contribution in [2.75, 3.05) is 10.6 Å². The van der Waals surface area contributed by atoms with E-state index in [1.54, 1.807) is 30.3 Å². The van der Waals surface area contributed by atoms with E-state index in [1.807, 2.05) is 0 Å². The van der Waals surface area contributed by atoms with Gasteiger partial charge in [0.25, 0.3) is 5.91 Å². The van der Waals surface area contributed by atoms with E-state index in [0.717, 1.165) is 0 Å². The topological polar surface area (TPSA) is 107 Å². The SMILES string of the molecule is NC(=O)Nc1cccc(NC(=O)c2ccc(COc3ccc(F)cc3)o2)c1. The van der Waals surface area contributed by atoms with Crippen LogP contribution in [-0.4, -0.2) is 11.9 Å². The fourth-order valence-corrected chi connectivity index (χ4v) is 2.27. The van der Waals surface area contributed by atoms with Crippen LogP contribution in [0.3, 0.4) is 0 Å². The van der Waals surface area contributed by atoms with Crippen LogP contribution in [0, 0.1) is 5.82 Å². The number of carbonyl (C=O) groups is 2. The van der Waals surface area contributed by atoms with E-state index in [9.17, 15) is 14.0 Å². The second-order valence-corrected chi connectivity index (χ2v) is 5.53. The molecule has 27 heavy (non-hydrogen) atoms. The maximum absolute atomic E-state index is 12.9. The molecule has 0 saturated carbocycles. The fraction of sp³-hybridized carbons (Fsp3) is 0.0526. The van der Waals surface area contributed by atoms with E-state index in [4.69, 9.17) is 14.9 Å². The van der Waals surface area contributed by atoms with E-state index in [1.165, 1.54) is 30.3 Å². The van der Waals surface area contributed by atoms with Crippen molar-refractivity contribution in [2.24, 2.45) is 5.73 Å². The van der Waals surface area contributed by atoms with E-state index >= 15 is 0 Å². The van der Waals surface area contributed by atoms with Crippen molar-refractivity contribution in [1.82, 2.24) is 0 Å². The van der Waals surface area contributed by atoms with Gasteiger partial charge in [-0.2, -0.15) is 0 Å². The minimum Gasteiger partial charge on any atom is -0.486 e. The number of hydrogen-bond donors (Lipinski definition) is 3. The molecule has 1 aromatic heterocycles. The normalized spacial score (nSPS) is 10.3. The molecule has 0 bridgehead atoms. The van der Waals surface area contributed by atoms with Gasteiger partial charge in [-0.25, -0.2) is 9.18 Å². The molecule has 0 fully saturated rings. The molecule has 138 valence electrons. The van der Waals surface area contributed by atoms with Gasteiger partial charge in [0.1, 0.15) is 23.9 Å². The third-order valence-electron chi connectivity index (χ3n) is 3.47. The van der Waals surface area contributed by atoms with Crippen LogP contribution < -0.4 is 21.1 Å². The number of urea groups is 1. The fourth-order valence-electron chi connectivity index (χ4n) is 2.27. The number of anilines is 2. The Balaban J connectivity index is 1.59. The molecule has 2 aromatic carbocycles. The highest BCUT2D eigenvalue weighted by Gasteiger charge is 2.12. The van der Waals surface area contributed by atoms with Crippen molar-refractivity contribution in [1.29, 1.82) is 0 Å². The molecule has 7 nitrogen and oxygen atoms in total. The number of hydrogen-bond acceptors (Lipinski definition) is 4. The Morgan fingerprint density at radius 3 is 2.41 bits per heavy atom. The minimum atomic E-state index is -0.699. The first kappa shape index (κ1) is 18.0. The Kier molecular flexibility index (Phi) is 5.36. The van der Waals surface area contributed by atoms with Crippen molar-refractivity contribution in [3.8, 4) is 5.75 Å². The first-order valence-electron chi connectivity index (χ1n) is 7.94. The van der Waals surface area contributed by atoms with Gasteiger partial charge in [-0.15, -0.1) is 0 Å². The molecule has 8 heteroatoms. The first-order chi connectivity index (χ1) is 13.0. The predicted molar refractivity (Wildman–Crippen MR) is 97.0 cm³/mol. The Hall–Kier alpha value is -3.81. The van der Waals surface area contributed by atoms with Crippen LogP contribution in [0.4, 0.5) is 20.6 Å². The molecule has 0 aliphatic rings. The Morgan fingerprint density at radius 1 is 1.00 bits per heavy atom. The Labute approximate surface area is 153 Å². The number of rotatable bonds is 6. The lowest BCUT2D eigenvalue weighted by Crippen LogP contribution is -2.19. The third kappa shape index (κ3) is 5.08. The molecule has 0 radical (unpaired) electrons. The van der Waals surface area contributed by atoms with E-state index in [0.29, 0.717) is 22.9 Å². The zero-order valence-electron chi connectivity index (χ0n) is 14.1. The summed E-state index contributed by atoms with van der Waals surface area (Å²) in [6.07, 6.45) is 0. The molecule has 0 unspecified atom stereocenters. The molecule has 0 aliphatic carbocycles. The first-order valence-corrected chi connectivity index (χ1v) is 7.94. The molecule has 0 saturated heterocycles. The molecular weight excluding hydrogens is 353 g/mol. The summed E-state index contributed by atoms with van der Waals surface area (Å²) >= 11 is 0. The maximum Gasteiger partial charge on any atom is 0.316 e. The monoisotopic (exact) mass is 369 g/mol. The summed E-state index contributed by atoms with van der Waals surface area (Å²) in [6, 6.07) is 14.5. The van der Waals surface area contributed by atoms with E-state index < -0.39 is 11.9 Å². The van der Waals surface area contributed by atoms with E-state index in [2.05, 4.69) is 10.6 Å². The predicted octanol–water partition coefficient (Wildman–Crippen LogP) is 3.74. The number of furan rings is 1. The summed E-state index contributed by atoms with van der Waals surface area (Å²) in [5.74, 6) is 0.209. The summed E-state index contributed by atoms with van der Waals surface area (Å²) in [4.78, 5) is 23.2. The van der Waals surface area contributed by atoms with Gasteiger partial charge >= 0.3 is 6.03 Å². The van der Waals surface area contributed by atoms with Gasteiger partial charge in [0.2, 0.25) is 0 Å². The molecule has 3 rings (SSSR count). The number of ether oxygens (including phenoxy) is 1. The highest BCUT2D eigenvalue weighted by molar-refractivity contribution is 6.02. The van der Waals surface area contributed by atoms with Crippen molar-refractivity contribution in [3.05, 3.63) is 78.0 Å². The van der Waals surface area contributed by atoms with Gasteiger partial charge in [-0.1, -0.05) is 6.07 Å². The summed E-state index contributed by atoms with van der Waals surface area (Å²) in [5, 5.41) is 5.08. The quantitative estimate of drug-likeness (QED) is 0.615. The summed E-state index contributed by atoms with van der Waals surface area (Å²) in [6.45, 7) is 0.0942. The zero-order chi connectivity index (χ0) is 19.2.